The van der Waals surface area contributed by atoms with Crippen molar-refractivity contribution >= 4 is 29.1 Å². The van der Waals surface area contributed by atoms with Crippen molar-refractivity contribution in [3.63, 3.8) is 0 Å². The van der Waals surface area contributed by atoms with Crippen LogP contribution in [0.4, 0.5) is 10.1 Å². The molecule has 0 atom stereocenters. The first-order chi connectivity index (χ1) is 9.47. The van der Waals surface area contributed by atoms with E-state index in [4.69, 9.17) is 17.3 Å². The molecule has 0 radical (unpaired) electrons. The SMILES string of the molecule is NC(=O)c1cccc(C(=O)Nc2ccc(Cl)cc2F)c1. The minimum Gasteiger partial charge on any atom is -0.366 e. The zero-order chi connectivity index (χ0) is 14.7. The van der Waals surface area contributed by atoms with E-state index in [2.05, 4.69) is 5.32 Å². The molecule has 2 amide bonds. The lowest BCUT2D eigenvalue weighted by molar-refractivity contribution is 0.1000. The van der Waals surface area contributed by atoms with E-state index in [1.54, 1.807) is 0 Å². The first-order valence-electron chi connectivity index (χ1n) is 5.63. The molecule has 0 saturated carbocycles. The molecule has 3 N–H and O–H groups in total. The van der Waals surface area contributed by atoms with Crippen LogP contribution in [0, 0.1) is 5.82 Å². The Morgan fingerprint density at radius 3 is 2.45 bits per heavy atom. The van der Waals surface area contributed by atoms with Gasteiger partial charge in [-0.05, 0) is 36.4 Å². The number of rotatable bonds is 3. The highest BCUT2D eigenvalue weighted by molar-refractivity contribution is 6.30. The zero-order valence-corrected chi connectivity index (χ0v) is 10.9. The van der Waals surface area contributed by atoms with E-state index in [0.29, 0.717) is 0 Å². The molecular weight excluding hydrogens is 283 g/mol. The Bertz CT molecular complexity index is 689. The van der Waals surface area contributed by atoms with E-state index in [0.717, 1.165) is 6.07 Å². The Hall–Kier alpha value is -2.40. The second kappa shape index (κ2) is 5.71. The van der Waals surface area contributed by atoms with Crippen molar-refractivity contribution in [2.45, 2.75) is 0 Å². The van der Waals surface area contributed by atoms with Crippen molar-refractivity contribution in [3.05, 3.63) is 64.4 Å². The van der Waals surface area contributed by atoms with Gasteiger partial charge in [-0.25, -0.2) is 4.39 Å². The molecule has 2 aromatic carbocycles. The van der Waals surface area contributed by atoms with E-state index >= 15 is 0 Å². The van der Waals surface area contributed by atoms with Gasteiger partial charge in [0, 0.05) is 16.1 Å². The van der Waals surface area contributed by atoms with E-state index < -0.39 is 17.6 Å². The average molecular weight is 293 g/mol. The predicted molar refractivity (Wildman–Crippen MR) is 74.3 cm³/mol. The average Bonchev–Trinajstić information content (AvgIpc) is 2.42. The fourth-order valence-corrected chi connectivity index (χ4v) is 1.76. The molecule has 0 aliphatic carbocycles. The second-order valence-electron chi connectivity index (χ2n) is 4.02. The molecule has 2 rings (SSSR count). The summed E-state index contributed by atoms with van der Waals surface area (Å²) in [5.74, 6) is -1.83. The van der Waals surface area contributed by atoms with E-state index in [1.807, 2.05) is 0 Å². The molecule has 4 nitrogen and oxygen atoms in total. The minimum absolute atomic E-state index is 0.00359. The van der Waals surface area contributed by atoms with Crippen LogP contribution in [0.15, 0.2) is 42.5 Å². The molecule has 0 aliphatic rings. The van der Waals surface area contributed by atoms with Gasteiger partial charge in [0.2, 0.25) is 5.91 Å². The maximum absolute atomic E-state index is 13.6. The number of anilines is 1. The smallest absolute Gasteiger partial charge is 0.255 e. The molecule has 0 heterocycles. The Morgan fingerprint density at radius 2 is 1.80 bits per heavy atom. The van der Waals surface area contributed by atoms with Gasteiger partial charge in [0.1, 0.15) is 5.82 Å². The number of hydrogen-bond acceptors (Lipinski definition) is 2. The molecule has 0 aliphatic heterocycles. The molecule has 2 aromatic rings. The predicted octanol–water partition coefficient (Wildman–Crippen LogP) is 2.83. The lowest BCUT2D eigenvalue weighted by atomic mass is 10.1. The highest BCUT2D eigenvalue weighted by Gasteiger charge is 2.11. The topological polar surface area (TPSA) is 72.2 Å². The van der Waals surface area contributed by atoms with Crippen molar-refractivity contribution in [2.75, 3.05) is 5.32 Å². The van der Waals surface area contributed by atoms with Crippen LogP contribution in [-0.4, -0.2) is 11.8 Å². The van der Waals surface area contributed by atoms with Crippen LogP contribution in [0.5, 0.6) is 0 Å². The lowest BCUT2D eigenvalue weighted by Gasteiger charge is -2.07. The second-order valence-corrected chi connectivity index (χ2v) is 4.46. The summed E-state index contributed by atoms with van der Waals surface area (Å²) in [4.78, 5) is 23.0. The summed E-state index contributed by atoms with van der Waals surface area (Å²) in [6.07, 6.45) is 0. The van der Waals surface area contributed by atoms with Crippen molar-refractivity contribution < 1.29 is 14.0 Å². The summed E-state index contributed by atoms with van der Waals surface area (Å²) in [6.45, 7) is 0. The third kappa shape index (κ3) is 3.13. The number of carbonyl (C=O) groups is 2. The quantitative estimate of drug-likeness (QED) is 0.913. The van der Waals surface area contributed by atoms with Gasteiger partial charge < -0.3 is 11.1 Å². The summed E-state index contributed by atoms with van der Waals surface area (Å²) in [6, 6.07) is 9.75. The first kappa shape index (κ1) is 14.0. The van der Waals surface area contributed by atoms with Crippen LogP contribution in [-0.2, 0) is 0 Å². The van der Waals surface area contributed by atoms with Gasteiger partial charge in [-0.1, -0.05) is 17.7 Å². The minimum atomic E-state index is -0.642. The molecule has 0 saturated heterocycles. The van der Waals surface area contributed by atoms with Crippen LogP contribution in [0.25, 0.3) is 0 Å². The number of carbonyl (C=O) groups excluding carboxylic acids is 2. The fourth-order valence-electron chi connectivity index (χ4n) is 1.60. The third-order valence-corrected chi connectivity index (χ3v) is 2.82. The van der Waals surface area contributed by atoms with E-state index in [-0.39, 0.29) is 21.8 Å². The highest BCUT2D eigenvalue weighted by Crippen LogP contribution is 2.19. The molecule has 0 unspecified atom stereocenters. The molecule has 0 fully saturated rings. The number of nitrogens with one attached hydrogen (secondary N) is 1. The molecule has 102 valence electrons. The van der Waals surface area contributed by atoms with Gasteiger partial charge in [-0.2, -0.15) is 0 Å². The van der Waals surface area contributed by atoms with Crippen molar-refractivity contribution in [3.8, 4) is 0 Å². The number of hydrogen-bond donors (Lipinski definition) is 2. The van der Waals surface area contributed by atoms with Gasteiger partial charge in [0.25, 0.3) is 5.91 Å². The largest absolute Gasteiger partial charge is 0.366 e. The molecular formula is C14H10ClFN2O2. The molecule has 20 heavy (non-hydrogen) atoms. The number of primary amides is 1. The van der Waals surface area contributed by atoms with Gasteiger partial charge in [0.05, 0.1) is 5.69 Å². The van der Waals surface area contributed by atoms with Crippen LogP contribution >= 0.6 is 11.6 Å². The van der Waals surface area contributed by atoms with Gasteiger partial charge >= 0.3 is 0 Å². The Kier molecular flexibility index (Phi) is 4.00. The van der Waals surface area contributed by atoms with Gasteiger partial charge in [-0.15, -0.1) is 0 Å². The normalized spacial score (nSPS) is 10.1. The maximum atomic E-state index is 13.6. The number of halogens is 2. The van der Waals surface area contributed by atoms with Crippen molar-refractivity contribution in [1.82, 2.24) is 0 Å². The fraction of sp³-hybridized carbons (Fsp3) is 0. The van der Waals surface area contributed by atoms with Crippen molar-refractivity contribution in [2.24, 2.45) is 5.73 Å². The lowest BCUT2D eigenvalue weighted by Crippen LogP contribution is -2.15. The number of nitrogens with two attached hydrogens (primary N) is 1. The first-order valence-corrected chi connectivity index (χ1v) is 6.01. The number of amides is 2. The van der Waals surface area contributed by atoms with Gasteiger partial charge in [-0.3, -0.25) is 9.59 Å². The summed E-state index contributed by atoms with van der Waals surface area (Å²) in [5.41, 5.74) is 5.54. The maximum Gasteiger partial charge on any atom is 0.255 e. The third-order valence-electron chi connectivity index (χ3n) is 2.59. The Morgan fingerprint density at radius 1 is 1.10 bits per heavy atom. The Labute approximate surface area is 119 Å². The Balaban J connectivity index is 2.24. The van der Waals surface area contributed by atoms with Crippen LogP contribution < -0.4 is 11.1 Å². The van der Waals surface area contributed by atoms with E-state index in [9.17, 15) is 14.0 Å². The summed E-state index contributed by atoms with van der Waals surface area (Å²) in [7, 11) is 0. The summed E-state index contributed by atoms with van der Waals surface area (Å²) in [5, 5.41) is 2.63. The standard InChI is InChI=1S/C14H10ClFN2O2/c15-10-4-5-12(11(16)7-10)18-14(20)9-3-1-2-8(6-9)13(17)19/h1-7H,(H2,17,19)(H,18,20). The molecule has 0 aromatic heterocycles. The number of benzene rings is 2. The van der Waals surface area contributed by atoms with Crippen LogP contribution in [0.3, 0.4) is 0 Å². The van der Waals surface area contributed by atoms with E-state index in [1.165, 1.54) is 36.4 Å². The highest BCUT2D eigenvalue weighted by atomic mass is 35.5. The zero-order valence-electron chi connectivity index (χ0n) is 10.2. The summed E-state index contributed by atoms with van der Waals surface area (Å²) >= 11 is 5.62. The summed E-state index contributed by atoms with van der Waals surface area (Å²) < 4.78 is 13.6. The molecule has 0 spiro atoms. The molecule has 0 bridgehead atoms. The van der Waals surface area contributed by atoms with Crippen LogP contribution in [0.2, 0.25) is 5.02 Å². The van der Waals surface area contributed by atoms with Crippen molar-refractivity contribution in [1.29, 1.82) is 0 Å². The molecule has 6 heteroatoms. The van der Waals surface area contributed by atoms with Crippen LogP contribution in [0.1, 0.15) is 20.7 Å². The monoisotopic (exact) mass is 292 g/mol. The van der Waals surface area contributed by atoms with Gasteiger partial charge in [0.15, 0.2) is 0 Å².